The van der Waals surface area contributed by atoms with E-state index in [-0.39, 0.29) is 25.3 Å². The molecule has 1 aliphatic rings. The normalized spacial score (nSPS) is 16.8. The molecule has 0 aliphatic carbocycles. The van der Waals surface area contributed by atoms with Gasteiger partial charge < -0.3 is 5.32 Å². The van der Waals surface area contributed by atoms with Crippen LogP contribution >= 0.6 is 0 Å². The number of amides is 1. The first-order valence-electron chi connectivity index (χ1n) is 8.50. The van der Waals surface area contributed by atoms with Crippen molar-refractivity contribution in [2.45, 2.75) is 13.8 Å². The highest BCUT2D eigenvalue weighted by Crippen LogP contribution is 2.16. The standard InChI is InChI=1S/C16H24F2N4O3S/c1-3-21(4-2)26(24,25)22-9-7-20(8-10-22)12-16(23)19-15-11-13(17)5-6-14(15)18/h5-6,11H,3-4,7-10,12H2,1-2H3,(H,19,23). The summed E-state index contributed by atoms with van der Waals surface area (Å²) >= 11 is 0. The van der Waals surface area contributed by atoms with Gasteiger partial charge in [0.1, 0.15) is 11.6 Å². The molecule has 2 rings (SSSR count). The van der Waals surface area contributed by atoms with Crippen LogP contribution in [0.5, 0.6) is 0 Å². The molecule has 1 aromatic rings. The minimum atomic E-state index is -3.49. The van der Waals surface area contributed by atoms with Gasteiger partial charge in [0.2, 0.25) is 5.91 Å². The van der Waals surface area contributed by atoms with Gasteiger partial charge in [-0.25, -0.2) is 8.78 Å². The van der Waals surface area contributed by atoms with Crippen LogP contribution in [-0.2, 0) is 15.0 Å². The van der Waals surface area contributed by atoms with Gasteiger partial charge in [-0.2, -0.15) is 17.0 Å². The summed E-state index contributed by atoms with van der Waals surface area (Å²) in [6.07, 6.45) is 0. The number of rotatable bonds is 7. The number of hydrogen-bond acceptors (Lipinski definition) is 4. The molecule has 1 aromatic carbocycles. The fourth-order valence-corrected chi connectivity index (χ4v) is 4.42. The van der Waals surface area contributed by atoms with Crippen LogP contribution < -0.4 is 5.32 Å². The van der Waals surface area contributed by atoms with E-state index in [1.54, 1.807) is 18.7 Å². The minimum Gasteiger partial charge on any atom is -0.322 e. The van der Waals surface area contributed by atoms with E-state index >= 15 is 0 Å². The molecule has 0 saturated carbocycles. The number of halogens is 2. The molecular formula is C16H24F2N4O3S. The van der Waals surface area contributed by atoms with Gasteiger partial charge in [-0.15, -0.1) is 0 Å². The Bertz CT molecular complexity index is 733. The number of nitrogens with zero attached hydrogens (tertiary/aromatic N) is 3. The van der Waals surface area contributed by atoms with Crippen LogP contribution in [-0.4, -0.2) is 73.6 Å². The van der Waals surface area contributed by atoms with E-state index in [1.165, 1.54) is 8.61 Å². The van der Waals surface area contributed by atoms with Crippen LogP contribution in [0.3, 0.4) is 0 Å². The largest absolute Gasteiger partial charge is 0.322 e. The summed E-state index contributed by atoms with van der Waals surface area (Å²) in [6.45, 7) is 5.69. The van der Waals surface area contributed by atoms with Crippen molar-refractivity contribution < 1.29 is 22.0 Å². The zero-order valence-corrected chi connectivity index (χ0v) is 15.7. The summed E-state index contributed by atoms with van der Waals surface area (Å²) in [7, 11) is -3.49. The third-order valence-corrected chi connectivity index (χ3v) is 6.45. The number of carbonyl (C=O) groups excluding carboxylic acids is 1. The van der Waals surface area contributed by atoms with E-state index in [4.69, 9.17) is 0 Å². The van der Waals surface area contributed by atoms with Gasteiger partial charge in [0.05, 0.1) is 12.2 Å². The molecule has 146 valence electrons. The van der Waals surface area contributed by atoms with Crippen molar-refractivity contribution in [1.82, 2.24) is 13.5 Å². The minimum absolute atomic E-state index is 0.0187. The SMILES string of the molecule is CCN(CC)S(=O)(=O)N1CCN(CC(=O)Nc2cc(F)ccc2F)CC1. The van der Waals surface area contributed by atoms with Crippen molar-refractivity contribution in [1.29, 1.82) is 0 Å². The molecule has 0 aromatic heterocycles. The highest BCUT2D eigenvalue weighted by atomic mass is 32.2. The molecule has 0 atom stereocenters. The van der Waals surface area contributed by atoms with Crippen LogP contribution in [0.25, 0.3) is 0 Å². The Morgan fingerprint density at radius 1 is 1.15 bits per heavy atom. The van der Waals surface area contributed by atoms with E-state index in [9.17, 15) is 22.0 Å². The Morgan fingerprint density at radius 2 is 1.77 bits per heavy atom. The van der Waals surface area contributed by atoms with Gasteiger partial charge in [-0.3, -0.25) is 9.69 Å². The molecule has 1 heterocycles. The van der Waals surface area contributed by atoms with Gasteiger partial charge >= 0.3 is 0 Å². The number of piperazine rings is 1. The number of carbonyl (C=O) groups is 1. The lowest BCUT2D eigenvalue weighted by atomic mass is 10.3. The van der Waals surface area contributed by atoms with E-state index < -0.39 is 27.8 Å². The average Bonchev–Trinajstić information content (AvgIpc) is 2.59. The smallest absolute Gasteiger partial charge is 0.282 e. The maximum Gasteiger partial charge on any atom is 0.282 e. The van der Waals surface area contributed by atoms with Crippen LogP contribution in [0, 0.1) is 11.6 Å². The summed E-state index contributed by atoms with van der Waals surface area (Å²) in [4.78, 5) is 13.8. The molecule has 1 N–H and O–H groups in total. The Hall–Kier alpha value is -1.62. The number of anilines is 1. The molecule has 1 fully saturated rings. The highest BCUT2D eigenvalue weighted by molar-refractivity contribution is 7.86. The summed E-state index contributed by atoms with van der Waals surface area (Å²) in [5, 5.41) is 2.34. The van der Waals surface area contributed by atoms with Gasteiger partial charge in [-0.05, 0) is 12.1 Å². The lowest BCUT2D eigenvalue weighted by molar-refractivity contribution is -0.117. The summed E-state index contributed by atoms with van der Waals surface area (Å²) < 4.78 is 54.4. The molecule has 0 spiro atoms. The molecule has 26 heavy (non-hydrogen) atoms. The fraction of sp³-hybridized carbons (Fsp3) is 0.562. The molecule has 1 amide bonds. The molecular weight excluding hydrogens is 366 g/mol. The van der Waals surface area contributed by atoms with Gasteiger partial charge in [0.25, 0.3) is 10.2 Å². The molecule has 0 radical (unpaired) electrons. The molecule has 7 nitrogen and oxygen atoms in total. The number of benzene rings is 1. The third kappa shape index (κ3) is 4.97. The Labute approximate surface area is 152 Å². The molecule has 10 heteroatoms. The van der Waals surface area contributed by atoms with Crippen LogP contribution in [0.1, 0.15) is 13.8 Å². The molecule has 0 unspecified atom stereocenters. The fourth-order valence-electron chi connectivity index (χ4n) is 2.82. The van der Waals surface area contributed by atoms with Crippen molar-refractivity contribution in [3.63, 3.8) is 0 Å². The summed E-state index contributed by atoms with van der Waals surface area (Å²) in [6, 6.07) is 2.84. The number of nitrogens with one attached hydrogen (secondary N) is 1. The van der Waals surface area contributed by atoms with Crippen molar-refractivity contribution in [3.8, 4) is 0 Å². The van der Waals surface area contributed by atoms with E-state index in [2.05, 4.69) is 5.32 Å². The zero-order chi connectivity index (χ0) is 19.3. The second-order valence-electron chi connectivity index (χ2n) is 5.94. The Kier molecular flexibility index (Phi) is 7.04. The number of hydrogen-bond donors (Lipinski definition) is 1. The topological polar surface area (TPSA) is 73.0 Å². The monoisotopic (exact) mass is 390 g/mol. The second kappa shape index (κ2) is 8.85. The zero-order valence-electron chi connectivity index (χ0n) is 14.9. The quantitative estimate of drug-likeness (QED) is 0.757. The first-order valence-corrected chi connectivity index (χ1v) is 9.90. The first kappa shape index (κ1) is 20.7. The highest BCUT2D eigenvalue weighted by Gasteiger charge is 2.31. The molecule has 1 aliphatic heterocycles. The van der Waals surface area contributed by atoms with Gasteiger partial charge in [0.15, 0.2) is 0 Å². The summed E-state index contributed by atoms with van der Waals surface area (Å²) in [5.41, 5.74) is -0.210. The predicted molar refractivity (Wildman–Crippen MR) is 94.8 cm³/mol. The maximum atomic E-state index is 13.6. The van der Waals surface area contributed by atoms with Crippen molar-refractivity contribution in [2.24, 2.45) is 0 Å². The van der Waals surface area contributed by atoms with Gasteiger partial charge in [0, 0.05) is 45.3 Å². The maximum absolute atomic E-state index is 13.6. The van der Waals surface area contributed by atoms with Gasteiger partial charge in [-0.1, -0.05) is 13.8 Å². The lowest BCUT2D eigenvalue weighted by Gasteiger charge is -2.35. The Balaban J connectivity index is 1.88. The average molecular weight is 390 g/mol. The van der Waals surface area contributed by atoms with Crippen molar-refractivity contribution in [3.05, 3.63) is 29.8 Å². The lowest BCUT2D eigenvalue weighted by Crippen LogP contribution is -2.54. The predicted octanol–water partition coefficient (Wildman–Crippen LogP) is 1.11. The molecule has 1 saturated heterocycles. The molecule has 0 bridgehead atoms. The van der Waals surface area contributed by atoms with Crippen LogP contribution in [0.4, 0.5) is 14.5 Å². The van der Waals surface area contributed by atoms with Crippen LogP contribution in [0.2, 0.25) is 0 Å². The van der Waals surface area contributed by atoms with E-state index in [1.807, 2.05) is 0 Å². The first-order chi connectivity index (χ1) is 12.3. The second-order valence-corrected chi connectivity index (χ2v) is 7.87. The van der Waals surface area contributed by atoms with Crippen molar-refractivity contribution >= 4 is 21.8 Å². The van der Waals surface area contributed by atoms with E-state index in [0.717, 1.165) is 18.2 Å². The van der Waals surface area contributed by atoms with Crippen molar-refractivity contribution in [2.75, 3.05) is 51.1 Å². The summed E-state index contributed by atoms with van der Waals surface area (Å²) in [5.74, 6) is -1.83. The van der Waals surface area contributed by atoms with Crippen LogP contribution in [0.15, 0.2) is 18.2 Å². The van der Waals surface area contributed by atoms with E-state index in [0.29, 0.717) is 26.2 Å². The third-order valence-electron chi connectivity index (χ3n) is 4.26. The Morgan fingerprint density at radius 3 is 2.35 bits per heavy atom.